The maximum absolute atomic E-state index is 12.5. The molecule has 10 heteroatoms. The monoisotopic (exact) mass is 425 g/mol. The lowest BCUT2D eigenvalue weighted by atomic mass is 10.3. The molecule has 5 nitrogen and oxygen atoms in total. The van der Waals surface area contributed by atoms with Crippen LogP contribution in [0.2, 0.25) is 10.2 Å². The van der Waals surface area contributed by atoms with Crippen LogP contribution in [-0.4, -0.2) is 17.8 Å². The highest BCUT2D eigenvalue weighted by Crippen LogP contribution is 2.29. The van der Waals surface area contributed by atoms with Crippen molar-refractivity contribution in [2.24, 2.45) is 0 Å². The summed E-state index contributed by atoms with van der Waals surface area (Å²) in [6.45, 7) is 0. The molecule has 0 aliphatic rings. The van der Waals surface area contributed by atoms with Crippen LogP contribution >= 0.6 is 50.5 Å². The van der Waals surface area contributed by atoms with Gasteiger partial charge in [0.05, 0.1) is 10.7 Å². The van der Waals surface area contributed by atoms with Crippen LogP contribution in [0.3, 0.4) is 0 Å². The SMILES string of the molecule is O=S(=O)(Nc1ccc(Cl)c(Br)c1)c1c(Cl)nc2sccn12. The summed E-state index contributed by atoms with van der Waals surface area (Å²) in [5.41, 5.74) is 0.368. The number of sulfonamides is 1. The normalized spacial score (nSPS) is 12.0. The van der Waals surface area contributed by atoms with Crippen molar-refractivity contribution >= 4 is 71.1 Å². The number of fused-ring (bicyclic) bond motifs is 1. The topological polar surface area (TPSA) is 63.5 Å². The maximum Gasteiger partial charge on any atom is 0.281 e. The number of nitrogens with one attached hydrogen (secondary N) is 1. The van der Waals surface area contributed by atoms with Gasteiger partial charge in [-0.3, -0.25) is 9.12 Å². The van der Waals surface area contributed by atoms with Crippen LogP contribution in [0.4, 0.5) is 5.69 Å². The van der Waals surface area contributed by atoms with Crippen molar-refractivity contribution in [2.75, 3.05) is 4.72 Å². The van der Waals surface area contributed by atoms with Crippen LogP contribution in [0.15, 0.2) is 39.3 Å². The summed E-state index contributed by atoms with van der Waals surface area (Å²) < 4.78 is 29.5. The average molecular weight is 427 g/mol. The van der Waals surface area contributed by atoms with E-state index in [0.29, 0.717) is 20.1 Å². The second kappa shape index (κ2) is 5.44. The highest BCUT2D eigenvalue weighted by Gasteiger charge is 2.25. The lowest BCUT2D eigenvalue weighted by Gasteiger charge is -2.08. The minimum absolute atomic E-state index is 0.0672. The molecule has 0 fully saturated rings. The van der Waals surface area contributed by atoms with E-state index >= 15 is 0 Å². The Kier molecular flexibility index (Phi) is 3.91. The van der Waals surface area contributed by atoms with E-state index in [1.807, 2.05) is 0 Å². The Balaban J connectivity index is 2.06. The molecule has 1 N–H and O–H groups in total. The average Bonchev–Trinajstić information content (AvgIpc) is 2.92. The number of aromatic nitrogens is 2. The van der Waals surface area contributed by atoms with Crippen molar-refractivity contribution < 1.29 is 8.42 Å². The molecule has 0 spiro atoms. The lowest BCUT2D eigenvalue weighted by molar-refractivity contribution is 0.597. The molecule has 21 heavy (non-hydrogen) atoms. The molecule has 2 aromatic heterocycles. The third kappa shape index (κ3) is 2.78. The third-order valence-corrected chi connectivity index (χ3v) is 6.35. The van der Waals surface area contributed by atoms with E-state index in [1.54, 1.807) is 29.8 Å². The molecule has 110 valence electrons. The predicted octanol–water partition coefficient (Wildman–Crippen LogP) is 4.27. The van der Waals surface area contributed by atoms with Gasteiger partial charge in [-0.2, -0.15) is 8.42 Å². The summed E-state index contributed by atoms with van der Waals surface area (Å²) in [4.78, 5) is 4.52. The van der Waals surface area contributed by atoms with Crippen molar-refractivity contribution in [1.29, 1.82) is 0 Å². The number of hydrogen-bond donors (Lipinski definition) is 1. The zero-order chi connectivity index (χ0) is 15.2. The molecule has 0 saturated carbocycles. The lowest BCUT2D eigenvalue weighted by Crippen LogP contribution is -2.15. The standard InChI is InChI=1S/C11H6BrCl2N3O2S2/c12-7-5-6(1-2-8(7)13)16-21(18,19)10-9(14)15-11-17(10)3-4-20-11/h1-5,16H. The maximum atomic E-state index is 12.5. The van der Waals surface area contributed by atoms with E-state index < -0.39 is 10.0 Å². The molecule has 3 aromatic rings. The van der Waals surface area contributed by atoms with Gasteiger partial charge in [-0.15, -0.1) is 11.3 Å². The van der Waals surface area contributed by atoms with Crippen molar-refractivity contribution in [1.82, 2.24) is 9.38 Å². The van der Waals surface area contributed by atoms with E-state index in [-0.39, 0.29) is 10.2 Å². The number of halogens is 3. The smallest absolute Gasteiger partial charge is 0.278 e. The summed E-state index contributed by atoms with van der Waals surface area (Å²) in [5.74, 6) is 0. The first-order valence-electron chi connectivity index (χ1n) is 5.47. The fraction of sp³-hybridized carbons (Fsp3) is 0. The number of anilines is 1. The van der Waals surface area contributed by atoms with Crippen LogP contribution in [0.5, 0.6) is 0 Å². The van der Waals surface area contributed by atoms with E-state index in [1.165, 1.54) is 15.7 Å². The summed E-state index contributed by atoms with van der Waals surface area (Å²) >= 11 is 16.4. The molecule has 0 radical (unpaired) electrons. The number of hydrogen-bond acceptors (Lipinski definition) is 4. The molecule has 0 amide bonds. The van der Waals surface area contributed by atoms with Crippen LogP contribution in [0.1, 0.15) is 0 Å². The minimum atomic E-state index is -3.87. The Hall–Kier alpha value is -0.800. The predicted molar refractivity (Wildman–Crippen MR) is 88.0 cm³/mol. The number of imidazole rings is 1. The third-order valence-electron chi connectivity index (χ3n) is 2.60. The number of benzene rings is 1. The zero-order valence-electron chi connectivity index (χ0n) is 10.0. The van der Waals surface area contributed by atoms with Gasteiger partial charge in [-0.25, -0.2) is 4.98 Å². The molecule has 0 bridgehead atoms. The molecule has 0 aliphatic heterocycles. The van der Waals surface area contributed by atoms with Gasteiger partial charge in [0.2, 0.25) is 0 Å². The number of thiazole rings is 1. The van der Waals surface area contributed by atoms with Gasteiger partial charge in [0, 0.05) is 16.0 Å². The van der Waals surface area contributed by atoms with Gasteiger partial charge in [0.15, 0.2) is 15.1 Å². The highest BCUT2D eigenvalue weighted by molar-refractivity contribution is 9.10. The van der Waals surface area contributed by atoms with E-state index in [0.717, 1.165) is 0 Å². The molecule has 2 heterocycles. The Morgan fingerprint density at radius 3 is 2.81 bits per heavy atom. The molecular formula is C11H6BrCl2N3O2S2. The van der Waals surface area contributed by atoms with Crippen molar-refractivity contribution in [3.63, 3.8) is 0 Å². The van der Waals surface area contributed by atoms with Gasteiger partial charge in [-0.05, 0) is 34.1 Å². The number of rotatable bonds is 3. The van der Waals surface area contributed by atoms with E-state index in [4.69, 9.17) is 23.2 Å². The van der Waals surface area contributed by atoms with Crippen molar-refractivity contribution in [3.8, 4) is 0 Å². The summed E-state index contributed by atoms with van der Waals surface area (Å²) in [6.07, 6.45) is 1.60. The Bertz CT molecular complexity index is 936. The molecule has 0 atom stereocenters. The first-order chi connectivity index (χ1) is 9.88. The first-order valence-corrected chi connectivity index (χ1v) is 9.38. The molecule has 0 aliphatic carbocycles. The second-order valence-electron chi connectivity index (χ2n) is 4.00. The fourth-order valence-electron chi connectivity index (χ4n) is 1.74. The van der Waals surface area contributed by atoms with Gasteiger partial charge >= 0.3 is 0 Å². The fourth-order valence-corrected chi connectivity index (χ4v) is 4.74. The zero-order valence-corrected chi connectivity index (χ0v) is 14.8. The Labute approximate surface area is 142 Å². The van der Waals surface area contributed by atoms with Crippen LogP contribution in [0.25, 0.3) is 4.96 Å². The first kappa shape index (κ1) is 15.1. The molecule has 0 unspecified atom stereocenters. The summed E-state index contributed by atoms with van der Waals surface area (Å²) in [5, 5.41) is 2.06. The van der Waals surface area contributed by atoms with Gasteiger partial charge < -0.3 is 0 Å². The van der Waals surface area contributed by atoms with Gasteiger partial charge in [-0.1, -0.05) is 23.2 Å². The quantitative estimate of drug-likeness (QED) is 0.680. The Morgan fingerprint density at radius 2 is 2.10 bits per heavy atom. The molecular weight excluding hydrogens is 421 g/mol. The van der Waals surface area contributed by atoms with Gasteiger partial charge in [0.25, 0.3) is 10.0 Å². The van der Waals surface area contributed by atoms with Crippen LogP contribution in [-0.2, 0) is 10.0 Å². The van der Waals surface area contributed by atoms with Crippen molar-refractivity contribution in [3.05, 3.63) is 44.4 Å². The molecule has 3 rings (SSSR count). The number of nitrogens with zero attached hydrogens (tertiary/aromatic N) is 2. The van der Waals surface area contributed by atoms with Crippen molar-refractivity contribution in [2.45, 2.75) is 5.03 Å². The summed E-state index contributed by atoms with van der Waals surface area (Å²) in [7, 11) is -3.87. The minimum Gasteiger partial charge on any atom is -0.278 e. The van der Waals surface area contributed by atoms with Gasteiger partial charge in [0.1, 0.15) is 0 Å². The Morgan fingerprint density at radius 1 is 1.33 bits per heavy atom. The largest absolute Gasteiger partial charge is 0.281 e. The van der Waals surface area contributed by atoms with Crippen LogP contribution < -0.4 is 4.72 Å². The summed E-state index contributed by atoms with van der Waals surface area (Å²) in [6, 6.07) is 4.71. The second-order valence-corrected chi connectivity index (χ2v) is 8.09. The highest BCUT2D eigenvalue weighted by atomic mass is 79.9. The molecule has 0 saturated heterocycles. The molecule has 1 aromatic carbocycles. The van der Waals surface area contributed by atoms with E-state index in [9.17, 15) is 8.42 Å². The van der Waals surface area contributed by atoms with Crippen LogP contribution in [0, 0.1) is 0 Å². The van der Waals surface area contributed by atoms with E-state index in [2.05, 4.69) is 25.6 Å².